The van der Waals surface area contributed by atoms with Gasteiger partial charge in [-0.2, -0.15) is 0 Å². The fourth-order valence-corrected chi connectivity index (χ4v) is 2.60. The standard InChI is InChI=1S/C14H23N3/c1-14(2,3)12-4-8-17(9-5-12)11-13-10-15-6-7-16-13/h6-7,10,12H,4-5,8-9,11H2,1-3H3. The molecule has 0 unspecified atom stereocenters. The monoisotopic (exact) mass is 233 g/mol. The second-order valence-electron chi connectivity index (χ2n) is 6.11. The van der Waals surface area contributed by atoms with Crippen LogP contribution in [0.2, 0.25) is 0 Å². The van der Waals surface area contributed by atoms with Crippen LogP contribution in [0.1, 0.15) is 39.3 Å². The fraction of sp³-hybridized carbons (Fsp3) is 0.714. The van der Waals surface area contributed by atoms with Gasteiger partial charge in [-0.05, 0) is 37.3 Å². The quantitative estimate of drug-likeness (QED) is 0.786. The van der Waals surface area contributed by atoms with Gasteiger partial charge in [0.05, 0.1) is 5.69 Å². The highest BCUT2D eigenvalue weighted by Crippen LogP contribution is 2.34. The van der Waals surface area contributed by atoms with Crippen molar-refractivity contribution in [3.05, 3.63) is 24.3 Å². The van der Waals surface area contributed by atoms with Crippen LogP contribution in [0.5, 0.6) is 0 Å². The van der Waals surface area contributed by atoms with E-state index in [1.54, 1.807) is 12.4 Å². The fourth-order valence-electron chi connectivity index (χ4n) is 2.60. The van der Waals surface area contributed by atoms with Crippen molar-refractivity contribution in [1.29, 1.82) is 0 Å². The molecule has 0 spiro atoms. The van der Waals surface area contributed by atoms with Crippen LogP contribution in [-0.4, -0.2) is 28.0 Å². The van der Waals surface area contributed by atoms with Gasteiger partial charge in [-0.15, -0.1) is 0 Å². The molecular formula is C14H23N3. The van der Waals surface area contributed by atoms with Crippen molar-refractivity contribution in [1.82, 2.24) is 14.9 Å². The van der Waals surface area contributed by atoms with Gasteiger partial charge in [0.2, 0.25) is 0 Å². The zero-order valence-corrected chi connectivity index (χ0v) is 11.2. The first kappa shape index (κ1) is 12.5. The smallest absolute Gasteiger partial charge is 0.0726 e. The van der Waals surface area contributed by atoms with E-state index in [-0.39, 0.29) is 0 Å². The summed E-state index contributed by atoms with van der Waals surface area (Å²) < 4.78 is 0. The van der Waals surface area contributed by atoms with Gasteiger partial charge in [-0.3, -0.25) is 14.9 Å². The zero-order valence-electron chi connectivity index (χ0n) is 11.2. The molecule has 17 heavy (non-hydrogen) atoms. The van der Waals surface area contributed by atoms with E-state index >= 15 is 0 Å². The molecule has 1 fully saturated rings. The minimum absolute atomic E-state index is 0.457. The Balaban J connectivity index is 1.84. The van der Waals surface area contributed by atoms with Gasteiger partial charge in [-0.25, -0.2) is 0 Å². The SMILES string of the molecule is CC(C)(C)C1CCN(Cc2cnccn2)CC1. The van der Waals surface area contributed by atoms with Gasteiger partial charge < -0.3 is 0 Å². The van der Waals surface area contributed by atoms with Crippen molar-refractivity contribution in [3.63, 3.8) is 0 Å². The van der Waals surface area contributed by atoms with Crippen LogP contribution < -0.4 is 0 Å². The van der Waals surface area contributed by atoms with E-state index < -0.39 is 0 Å². The molecule has 0 N–H and O–H groups in total. The van der Waals surface area contributed by atoms with Gasteiger partial charge in [0.25, 0.3) is 0 Å². The molecule has 0 bridgehead atoms. The number of nitrogens with zero attached hydrogens (tertiary/aromatic N) is 3. The summed E-state index contributed by atoms with van der Waals surface area (Å²) in [5.74, 6) is 0.862. The second kappa shape index (κ2) is 5.13. The normalized spacial score (nSPS) is 19.5. The minimum atomic E-state index is 0.457. The van der Waals surface area contributed by atoms with Crippen LogP contribution in [0.15, 0.2) is 18.6 Å². The van der Waals surface area contributed by atoms with Crippen LogP contribution in [-0.2, 0) is 6.54 Å². The summed E-state index contributed by atoms with van der Waals surface area (Å²) in [6.45, 7) is 10.4. The third-order valence-electron chi connectivity index (χ3n) is 3.81. The number of aromatic nitrogens is 2. The summed E-state index contributed by atoms with van der Waals surface area (Å²) in [5.41, 5.74) is 1.54. The van der Waals surface area contributed by atoms with Crippen LogP contribution >= 0.6 is 0 Å². The Hall–Kier alpha value is -0.960. The maximum absolute atomic E-state index is 4.34. The highest BCUT2D eigenvalue weighted by atomic mass is 15.1. The lowest BCUT2D eigenvalue weighted by Gasteiger charge is -2.38. The molecule has 2 rings (SSSR count). The summed E-state index contributed by atoms with van der Waals surface area (Å²) in [4.78, 5) is 10.9. The third-order valence-corrected chi connectivity index (χ3v) is 3.81. The molecule has 1 aliphatic heterocycles. The van der Waals surface area contributed by atoms with Crippen molar-refractivity contribution in [2.75, 3.05) is 13.1 Å². The lowest BCUT2D eigenvalue weighted by Crippen LogP contribution is -2.37. The number of hydrogen-bond acceptors (Lipinski definition) is 3. The van der Waals surface area contributed by atoms with Crippen molar-refractivity contribution >= 4 is 0 Å². The van der Waals surface area contributed by atoms with E-state index in [0.29, 0.717) is 5.41 Å². The van der Waals surface area contributed by atoms with E-state index in [0.717, 1.165) is 18.2 Å². The predicted molar refractivity (Wildman–Crippen MR) is 69.5 cm³/mol. The van der Waals surface area contributed by atoms with E-state index in [1.165, 1.54) is 25.9 Å². The molecule has 94 valence electrons. The molecule has 3 heteroatoms. The molecule has 0 aliphatic carbocycles. The minimum Gasteiger partial charge on any atom is -0.297 e. The summed E-state index contributed by atoms with van der Waals surface area (Å²) in [7, 11) is 0. The maximum Gasteiger partial charge on any atom is 0.0726 e. The lowest BCUT2D eigenvalue weighted by molar-refractivity contribution is 0.107. The second-order valence-corrected chi connectivity index (χ2v) is 6.11. The third kappa shape index (κ3) is 3.50. The molecule has 2 heterocycles. The maximum atomic E-state index is 4.34. The largest absolute Gasteiger partial charge is 0.297 e. The first-order valence-corrected chi connectivity index (χ1v) is 6.53. The van der Waals surface area contributed by atoms with Crippen molar-refractivity contribution in [3.8, 4) is 0 Å². The van der Waals surface area contributed by atoms with Crippen molar-refractivity contribution in [2.24, 2.45) is 11.3 Å². The van der Waals surface area contributed by atoms with E-state index in [2.05, 4.69) is 35.6 Å². The van der Waals surface area contributed by atoms with Gasteiger partial charge in [0.15, 0.2) is 0 Å². The van der Waals surface area contributed by atoms with Crippen molar-refractivity contribution in [2.45, 2.75) is 40.2 Å². The van der Waals surface area contributed by atoms with Gasteiger partial charge >= 0.3 is 0 Å². The number of hydrogen-bond donors (Lipinski definition) is 0. The predicted octanol–water partition coefficient (Wildman–Crippen LogP) is 2.73. The molecule has 3 nitrogen and oxygen atoms in total. The first-order valence-electron chi connectivity index (χ1n) is 6.53. The van der Waals surface area contributed by atoms with Crippen molar-refractivity contribution < 1.29 is 0 Å². The molecular weight excluding hydrogens is 210 g/mol. The summed E-state index contributed by atoms with van der Waals surface area (Å²) >= 11 is 0. The van der Waals surface area contributed by atoms with Crippen LogP contribution in [0.3, 0.4) is 0 Å². The van der Waals surface area contributed by atoms with Gasteiger partial charge in [0, 0.05) is 25.1 Å². The summed E-state index contributed by atoms with van der Waals surface area (Å²) in [6.07, 6.45) is 8.00. The first-order chi connectivity index (χ1) is 8.05. The molecule has 1 aromatic rings. The topological polar surface area (TPSA) is 29.0 Å². The average molecular weight is 233 g/mol. The molecule has 0 saturated carbocycles. The number of rotatable bonds is 2. The Morgan fingerprint density at radius 2 is 1.94 bits per heavy atom. The average Bonchev–Trinajstić information content (AvgIpc) is 2.30. The Morgan fingerprint density at radius 3 is 2.47 bits per heavy atom. The highest BCUT2D eigenvalue weighted by molar-refractivity contribution is 4.95. The number of likely N-dealkylation sites (tertiary alicyclic amines) is 1. The zero-order chi connectivity index (χ0) is 12.3. The Kier molecular flexibility index (Phi) is 3.77. The van der Waals surface area contributed by atoms with E-state index in [1.807, 2.05) is 6.20 Å². The Labute approximate surface area is 104 Å². The summed E-state index contributed by atoms with van der Waals surface area (Å²) in [6, 6.07) is 0. The van der Waals surface area contributed by atoms with Crippen LogP contribution in [0, 0.1) is 11.3 Å². The van der Waals surface area contributed by atoms with Gasteiger partial charge in [0.1, 0.15) is 0 Å². The van der Waals surface area contributed by atoms with E-state index in [9.17, 15) is 0 Å². The number of piperidine rings is 1. The molecule has 1 saturated heterocycles. The highest BCUT2D eigenvalue weighted by Gasteiger charge is 2.28. The molecule has 0 aromatic carbocycles. The Bertz CT molecular complexity index is 334. The molecule has 1 aliphatic rings. The van der Waals surface area contributed by atoms with Crippen LogP contribution in [0.25, 0.3) is 0 Å². The van der Waals surface area contributed by atoms with E-state index in [4.69, 9.17) is 0 Å². The lowest BCUT2D eigenvalue weighted by atomic mass is 9.75. The van der Waals surface area contributed by atoms with Crippen LogP contribution in [0.4, 0.5) is 0 Å². The molecule has 1 aromatic heterocycles. The molecule has 0 amide bonds. The Morgan fingerprint density at radius 1 is 1.24 bits per heavy atom. The molecule has 0 atom stereocenters. The molecule has 0 radical (unpaired) electrons. The summed E-state index contributed by atoms with van der Waals surface area (Å²) in [5, 5.41) is 0. The van der Waals surface area contributed by atoms with Gasteiger partial charge in [-0.1, -0.05) is 20.8 Å².